The van der Waals surface area contributed by atoms with Crippen molar-refractivity contribution in [2.24, 2.45) is 5.73 Å². The normalized spacial score (nSPS) is 10.8. The summed E-state index contributed by atoms with van der Waals surface area (Å²) in [6.07, 6.45) is 0. The van der Waals surface area contributed by atoms with Crippen molar-refractivity contribution >= 4 is 22.6 Å². The lowest BCUT2D eigenvalue weighted by Gasteiger charge is -2.10. The first-order chi connectivity index (χ1) is 6.06. The van der Waals surface area contributed by atoms with Crippen LogP contribution in [0, 0.1) is 3.57 Å². The summed E-state index contributed by atoms with van der Waals surface area (Å²) in [5.74, 6) is 0.798. The van der Waals surface area contributed by atoms with Gasteiger partial charge in [-0.05, 0) is 40.1 Å². The van der Waals surface area contributed by atoms with E-state index in [9.17, 15) is 5.11 Å². The Labute approximate surface area is 92.3 Å². The molecule has 0 aromatic heterocycles. The molecule has 3 heteroatoms. The topological polar surface area (TPSA) is 46.2 Å². The van der Waals surface area contributed by atoms with E-state index in [2.05, 4.69) is 36.4 Å². The quantitative estimate of drug-likeness (QED) is 0.823. The molecular weight excluding hydrogens is 277 g/mol. The Morgan fingerprint density at radius 1 is 1.46 bits per heavy atom. The van der Waals surface area contributed by atoms with E-state index in [4.69, 9.17) is 5.73 Å². The molecule has 2 nitrogen and oxygen atoms in total. The maximum atomic E-state index is 9.62. The summed E-state index contributed by atoms with van der Waals surface area (Å²) in [5, 5.41) is 9.62. The SMILES string of the molecule is CC(C)c1cc(I)c(O)c(CN)c1. The van der Waals surface area contributed by atoms with Gasteiger partial charge in [0.1, 0.15) is 5.75 Å². The number of nitrogens with two attached hydrogens (primary N) is 1. The van der Waals surface area contributed by atoms with Crippen LogP contribution in [0.2, 0.25) is 0 Å². The maximum absolute atomic E-state index is 9.62. The van der Waals surface area contributed by atoms with Crippen LogP contribution in [-0.4, -0.2) is 5.11 Å². The average molecular weight is 291 g/mol. The molecule has 0 aliphatic rings. The summed E-state index contributed by atoms with van der Waals surface area (Å²) in [7, 11) is 0. The third-order valence-corrected chi connectivity index (χ3v) is 2.87. The van der Waals surface area contributed by atoms with Crippen molar-refractivity contribution in [2.75, 3.05) is 0 Å². The molecule has 0 atom stereocenters. The fourth-order valence-electron chi connectivity index (χ4n) is 1.17. The second kappa shape index (κ2) is 4.28. The molecule has 72 valence electrons. The van der Waals surface area contributed by atoms with E-state index in [1.165, 1.54) is 5.56 Å². The van der Waals surface area contributed by atoms with Gasteiger partial charge in [0.25, 0.3) is 0 Å². The summed E-state index contributed by atoms with van der Waals surface area (Å²) in [6.45, 7) is 4.65. The van der Waals surface area contributed by atoms with Crippen LogP contribution in [0.25, 0.3) is 0 Å². The molecule has 0 bridgehead atoms. The van der Waals surface area contributed by atoms with Gasteiger partial charge in [-0.2, -0.15) is 0 Å². The fraction of sp³-hybridized carbons (Fsp3) is 0.400. The second-order valence-corrected chi connectivity index (χ2v) is 4.53. The molecule has 0 radical (unpaired) electrons. The molecule has 13 heavy (non-hydrogen) atoms. The monoisotopic (exact) mass is 291 g/mol. The lowest BCUT2D eigenvalue weighted by molar-refractivity contribution is 0.464. The minimum Gasteiger partial charge on any atom is -0.507 e. The van der Waals surface area contributed by atoms with Crippen LogP contribution in [0.15, 0.2) is 12.1 Å². The number of phenols is 1. The highest BCUT2D eigenvalue weighted by Gasteiger charge is 2.08. The Morgan fingerprint density at radius 2 is 2.08 bits per heavy atom. The van der Waals surface area contributed by atoms with Crippen LogP contribution in [-0.2, 0) is 6.54 Å². The molecule has 0 spiro atoms. The summed E-state index contributed by atoms with van der Waals surface area (Å²) < 4.78 is 0.879. The highest BCUT2D eigenvalue weighted by molar-refractivity contribution is 14.1. The van der Waals surface area contributed by atoms with Gasteiger partial charge < -0.3 is 10.8 Å². The van der Waals surface area contributed by atoms with Gasteiger partial charge in [-0.15, -0.1) is 0 Å². The van der Waals surface area contributed by atoms with Crippen LogP contribution in [0.5, 0.6) is 5.75 Å². The second-order valence-electron chi connectivity index (χ2n) is 3.37. The van der Waals surface area contributed by atoms with Crippen LogP contribution in [0.1, 0.15) is 30.9 Å². The minimum atomic E-state index is 0.326. The Hall–Kier alpha value is -0.290. The van der Waals surface area contributed by atoms with Gasteiger partial charge in [0.2, 0.25) is 0 Å². The molecule has 0 aliphatic heterocycles. The first-order valence-corrected chi connectivity index (χ1v) is 5.35. The van der Waals surface area contributed by atoms with Crippen molar-refractivity contribution in [3.05, 3.63) is 26.8 Å². The van der Waals surface area contributed by atoms with Crippen molar-refractivity contribution in [1.82, 2.24) is 0 Å². The summed E-state index contributed by atoms with van der Waals surface area (Å²) in [5.41, 5.74) is 7.58. The fourth-order valence-corrected chi connectivity index (χ4v) is 1.87. The lowest BCUT2D eigenvalue weighted by Crippen LogP contribution is -2.00. The van der Waals surface area contributed by atoms with Gasteiger partial charge in [0, 0.05) is 12.1 Å². The lowest BCUT2D eigenvalue weighted by atomic mass is 10.0. The van der Waals surface area contributed by atoms with Crippen molar-refractivity contribution in [3.63, 3.8) is 0 Å². The molecule has 0 heterocycles. The summed E-state index contributed by atoms with van der Waals surface area (Å²) in [6, 6.07) is 3.97. The van der Waals surface area contributed by atoms with E-state index in [0.29, 0.717) is 18.2 Å². The Balaban J connectivity index is 3.22. The van der Waals surface area contributed by atoms with Crippen molar-refractivity contribution in [3.8, 4) is 5.75 Å². The predicted molar refractivity (Wildman–Crippen MR) is 62.8 cm³/mol. The number of benzene rings is 1. The molecule has 1 aromatic carbocycles. The Bertz CT molecular complexity index is 310. The Kier molecular flexibility index (Phi) is 3.55. The molecule has 0 unspecified atom stereocenters. The zero-order valence-corrected chi connectivity index (χ0v) is 10.00. The third-order valence-electron chi connectivity index (χ3n) is 2.05. The van der Waals surface area contributed by atoms with Gasteiger partial charge in [-0.25, -0.2) is 0 Å². The molecule has 1 rings (SSSR count). The van der Waals surface area contributed by atoms with Gasteiger partial charge in [0.15, 0.2) is 0 Å². The third kappa shape index (κ3) is 2.34. The zero-order chi connectivity index (χ0) is 10.0. The van der Waals surface area contributed by atoms with E-state index >= 15 is 0 Å². The number of aromatic hydroxyl groups is 1. The first-order valence-electron chi connectivity index (χ1n) is 4.27. The van der Waals surface area contributed by atoms with E-state index in [0.717, 1.165) is 9.13 Å². The summed E-state index contributed by atoms with van der Waals surface area (Å²) in [4.78, 5) is 0. The zero-order valence-electron chi connectivity index (χ0n) is 7.84. The molecule has 0 saturated carbocycles. The maximum Gasteiger partial charge on any atom is 0.133 e. The van der Waals surface area contributed by atoms with E-state index in [1.807, 2.05) is 12.1 Å². The molecule has 1 aromatic rings. The number of phenolic OH excluding ortho intramolecular Hbond substituents is 1. The smallest absolute Gasteiger partial charge is 0.133 e. The number of rotatable bonds is 2. The van der Waals surface area contributed by atoms with Gasteiger partial charge in [-0.1, -0.05) is 19.9 Å². The van der Waals surface area contributed by atoms with Crippen LogP contribution < -0.4 is 5.73 Å². The first kappa shape index (κ1) is 10.8. The molecule has 3 N–H and O–H groups in total. The van der Waals surface area contributed by atoms with Crippen molar-refractivity contribution < 1.29 is 5.11 Å². The highest BCUT2D eigenvalue weighted by Crippen LogP contribution is 2.28. The van der Waals surface area contributed by atoms with Crippen molar-refractivity contribution in [1.29, 1.82) is 0 Å². The molecule has 0 saturated heterocycles. The average Bonchev–Trinajstić information content (AvgIpc) is 2.09. The molecule has 0 amide bonds. The summed E-state index contributed by atoms with van der Waals surface area (Å²) >= 11 is 2.13. The van der Waals surface area contributed by atoms with Crippen LogP contribution in [0.4, 0.5) is 0 Å². The molecule has 0 fully saturated rings. The van der Waals surface area contributed by atoms with Crippen LogP contribution in [0.3, 0.4) is 0 Å². The highest BCUT2D eigenvalue weighted by atomic mass is 127. The van der Waals surface area contributed by atoms with E-state index in [-0.39, 0.29) is 0 Å². The number of hydrogen-bond acceptors (Lipinski definition) is 2. The van der Waals surface area contributed by atoms with Gasteiger partial charge in [0.05, 0.1) is 3.57 Å². The van der Waals surface area contributed by atoms with Gasteiger partial charge in [-0.3, -0.25) is 0 Å². The standard InChI is InChI=1S/C10H14INO/c1-6(2)7-3-8(5-12)10(13)9(11)4-7/h3-4,6,13H,5,12H2,1-2H3. The number of halogens is 1. The van der Waals surface area contributed by atoms with Crippen molar-refractivity contribution in [2.45, 2.75) is 26.3 Å². The van der Waals surface area contributed by atoms with E-state index < -0.39 is 0 Å². The Morgan fingerprint density at radius 3 is 2.54 bits per heavy atom. The van der Waals surface area contributed by atoms with Crippen LogP contribution >= 0.6 is 22.6 Å². The minimum absolute atomic E-state index is 0.326. The van der Waals surface area contributed by atoms with E-state index in [1.54, 1.807) is 0 Å². The molecule has 0 aliphatic carbocycles. The predicted octanol–water partition coefficient (Wildman–Crippen LogP) is 2.58. The number of hydrogen-bond donors (Lipinski definition) is 2. The van der Waals surface area contributed by atoms with Gasteiger partial charge >= 0.3 is 0 Å². The largest absolute Gasteiger partial charge is 0.507 e. The molecular formula is C10H14INO.